The number of rotatable bonds is 2. The van der Waals surface area contributed by atoms with Crippen molar-refractivity contribution < 1.29 is 10.2 Å². The molecular formula is C30H50O2. The van der Waals surface area contributed by atoms with Crippen molar-refractivity contribution in [1.82, 2.24) is 0 Å². The van der Waals surface area contributed by atoms with Crippen molar-refractivity contribution in [2.75, 3.05) is 6.61 Å². The topological polar surface area (TPSA) is 40.5 Å². The highest BCUT2D eigenvalue weighted by Gasteiger charge is 2.70. The Hall–Kier alpha value is -0.340. The van der Waals surface area contributed by atoms with Crippen LogP contribution in [-0.2, 0) is 0 Å². The van der Waals surface area contributed by atoms with E-state index in [1.54, 1.807) is 0 Å². The third kappa shape index (κ3) is 2.66. The van der Waals surface area contributed by atoms with Gasteiger partial charge in [0.25, 0.3) is 0 Å². The van der Waals surface area contributed by atoms with E-state index in [-0.39, 0.29) is 16.9 Å². The third-order valence-electron chi connectivity index (χ3n) is 13.5. The van der Waals surface area contributed by atoms with Crippen LogP contribution < -0.4 is 0 Å². The van der Waals surface area contributed by atoms with Crippen LogP contribution in [-0.4, -0.2) is 22.9 Å². The molecule has 0 aromatic heterocycles. The maximum absolute atomic E-state index is 10.9. The van der Waals surface area contributed by atoms with Gasteiger partial charge in [-0.25, -0.2) is 0 Å². The highest BCUT2D eigenvalue weighted by atomic mass is 16.3. The average molecular weight is 443 g/mol. The van der Waals surface area contributed by atoms with Gasteiger partial charge in [0.2, 0.25) is 0 Å². The van der Waals surface area contributed by atoms with Crippen LogP contribution in [0.25, 0.3) is 0 Å². The zero-order valence-electron chi connectivity index (χ0n) is 21.8. The van der Waals surface area contributed by atoms with Gasteiger partial charge in [0.05, 0.1) is 6.10 Å². The van der Waals surface area contributed by atoms with Crippen molar-refractivity contribution in [1.29, 1.82) is 0 Å². The molecule has 0 spiro atoms. The molecule has 0 bridgehead atoms. The molecule has 2 N–H and O–H groups in total. The van der Waals surface area contributed by atoms with E-state index in [1.165, 1.54) is 63.4 Å². The second kappa shape index (κ2) is 7.09. The molecular weight excluding hydrogens is 392 g/mol. The van der Waals surface area contributed by atoms with Gasteiger partial charge >= 0.3 is 0 Å². The Balaban J connectivity index is 1.55. The molecule has 5 rings (SSSR count). The lowest BCUT2D eigenvalue weighted by molar-refractivity contribution is -0.249. The van der Waals surface area contributed by atoms with Gasteiger partial charge in [0.1, 0.15) is 0 Å². The first-order valence-corrected chi connectivity index (χ1v) is 13.8. The summed E-state index contributed by atoms with van der Waals surface area (Å²) in [5, 5.41) is 21.5. The highest BCUT2D eigenvalue weighted by Crippen LogP contribution is 2.77. The highest BCUT2D eigenvalue weighted by molar-refractivity contribution is 5.21. The lowest BCUT2D eigenvalue weighted by Gasteiger charge is -2.73. The fourth-order valence-corrected chi connectivity index (χ4v) is 11.5. The number of aliphatic hydroxyl groups excluding tert-OH is 2. The van der Waals surface area contributed by atoms with Crippen molar-refractivity contribution in [3.63, 3.8) is 0 Å². The lowest BCUT2D eigenvalue weighted by atomic mass is 9.32. The van der Waals surface area contributed by atoms with Crippen LogP contribution in [0.15, 0.2) is 12.2 Å². The molecule has 0 aliphatic heterocycles. The summed E-state index contributed by atoms with van der Waals surface area (Å²) >= 11 is 0. The van der Waals surface area contributed by atoms with Crippen LogP contribution in [0.1, 0.15) is 106 Å². The minimum Gasteiger partial charge on any atom is -0.396 e. The first-order chi connectivity index (χ1) is 14.9. The summed E-state index contributed by atoms with van der Waals surface area (Å²) in [5.41, 5.74) is 2.60. The van der Waals surface area contributed by atoms with Crippen LogP contribution >= 0.6 is 0 Å². The Kier molecular flexibility index (Phi) is 5.19. The number of aliphatic hydroxyl groups is 2. The molecule has 5 fully saturated rings. The summed E-state index contributed by atoms with van der Waals surface area (Å²) in [6.45, 7) is 19.7. The molecule has 5 saturated carbocycles. The molecule has 0 heterocycles. The number of fused-ring (bicyclic) bond motifs is 7. The third-order valence-corrected chi connectivity index (χ3v) is 13.5. The summed E-state index contributed by atoms with van der Waals surface area (Å²) < 4.78 is 0. The fraction of sp³-hybridized carbons (Fsp3) is 0.933. The predicted molar refractivity (Wildman–Crippen MR) is 132 cm³/mol. The van der Waals surface area contributed by atoms with E-state index >= 15 is 0 Å². The molecule has 0 radical (unpaired) electrons. The molecule has 5 aliphatic rings. The smallest absolute Gasteiger partial charge is 0.0594 e. The van der Waals surface area contributed by atoms with Crippen molar-refractivity contribution >= 4 is 0 Å². The SMILES string of the molecule is C=C(C)[C@@H]1CC[C@]2(CO)CC[C@]3(C)[C@H](CCC4[C@@]5(C)CC[C@H](O)C(C)(C)[C@@H]5CC[C@]43C)[C@@H]12. The summed E-state index contributed by atoms with van der Waals surface area (Å²) in [4.78, 5) is 0. The van der Waals surface area contributed by atoms with E-state index in [1.807, 2.05) is 0 Å². The van der Waals surface area contributed by atoms with Gasteiger partial charge in [0.15, 0.2) is 0 Å². The van der Waals surface area contributed by atoms with Gasteiger partial charge in [-0.2, -0.15) is 0 Å². The molecule has 182 valence electrons. The lowest BCUT2D eigenvalue weighted by Crippen LogP contribution is -2.66. The van der Waals surface area contributed by atoms with Crippen LogP contribution in [0.4, 0.5) is 0 Å². The van der Waals surface area contributed by atoms with E-state index in [9.17, 15) is 10.2 Å². The Morgan fingerprint density at radius 3 is 2.19 bits per heavy atom. The summed E-state index contributed by atoms with van der Waals surface area (Å²) in [5.74, 6) is 3.33. The molecule has 10 atom stereocenters. The number of allylic oxidation sites excluding steroid dienone is 1. The van der Waals surface area contributed by atoms with Crippen LogP contribution in [0, 0.1) is 56.7 Å². The van der Waals surface area contributed by atoms with E-state index in [4.69, 9.17) is 0 Å². The standard InChI is InChI=1S/C30H50O2/c1-19(2)20-10-15-30(18-31)17-16-28(6)21(25(20)30)8-9-23-27(5)13-12-24(32)26(3,4)22(27)11-14-29(23,28)7/h20-25,31-32H,1,8-18H2,2-7H3/t20-,21+,22-,23?,24-,25+,27-,28+,29+,30+/m0/s1. The summed E-state index contributed by atoms with van der Waals surface area (Å²) in [6, 6.07) is 0. The van der Waals surface area contributed by atoms with E-state index in [0.717, 1.165) is 18.3 Å². The van der Waals surface area contributed by atoms with E-state index in [0.29, 0.717) is 40.6 Å². The van der Waals surface area contributed by atoms with E-state index in [2.05, 4.69) is 48.1 Å². The monoisotopic (exact) mass is 442 g/mol. The number of hydrogen-bond acceptors (Lipinski definition) is 2. The molecule has 0 aromatic rings. The second-order valence-corrected chi connectivity index (χ2v) is 14.6. The van der Waals surface area contributed by atoms with Gasteiger partial charge in [-0.3, -0.25) is 0 Å². The largest absolute Gasteiger partial charge is 0.396 e. The zero-order valence-corrected chi connectivity index (χ0v) is 21.8. The van der Waals surface area contributed by atoms with Crippen molar-refractivity contribution in [2.24, 2.45) is 56.7 Å². The van der Waals surface area contributed by atoms with Crippen LogP contribution in [0.2, 0.25) is 0 Å². The fourth-order valence-electron chi connectivity index (χ4n) is 11.5. The minimum absolute atomic E-state index is 0.0290. The molecule has 32 heavy (non-hydrogen) atoms. The maximum Gasteiger partial charge on any atom is 0.0594 e. The normalized spacial score (nSPS) is 56.5. The van der Waals surface area contributed by atoms with Gasteiger partial charge < -0.3 is 10.2 Å². The van der Waals surface area contributed by atoms with Crippen molar-refractivity contribution in [3.05, 3.63) is 12.2 Å². The van der Waals surface area contributed by atoms with Crippen molar-refractivity contribution in [3.8, 4) is 0 Å². The molecule has 0 saturated heterocycles. The van der Waals surface area contributed by atoms with Gasteiger partial charge in [-0.15, -0.1) is 0 Å². The van der Waals surface area contributed by atoms with E-state index < -0.39 is 0 Å². The zero-order chi connectivity index (χ0) is 23.3. The number of hydrogen-bond donors (Lipinski definition) is 2. The molecule has 2 nitrogen and oxygen atoms in total. The molecule has 1 unspecified atom stereocenters. The summed E-state index contributed by atoms with van der Waals surface area (Å²) in [7, 11) is 0. The summed E-state index contributed by atoms with van der Waals surface area (Å²) in [6.07, 6.45) is 12.2. The molecule has 2 heteroatoms. The van der Waals surface area contributed by atoms with Gasteiger partial charge in [-0.05, 0) is 128 Å². The average Bonchev–Trinajstić information content (AvgIpc) is 3.12. The maximum atomic E-state index is 10.9. The van der Waals surface area contributed by atoms with Crippen molar-refractivity contribution in [2.45, 2.75) is 112 Å². The van der Waals surface area contributed by atoms with Gasteiger partial charge in [-0.1, -0.05) is 46.8 Å². The minimum atomic E-state index is -0.147. The molecule has 0 aromatic carbocycles. The Morgan fingerprint density at radius 2 is 1.53 bits per heavy atom. The molecule has 5 aliphatic carbocycles. The first kappa shape index (κ1) is 23.4. The van der Waals surface area contributed by atoms with Crippen LogP contribution in [0.3, 0.4) is 0 Å². The Bertz CT molecular complexity index is 786. The quantitative estimate of drug-likeness (QED) is 0.452. The molecule has 0 amide bonds. The Labute approximate surface area is 197 Å². The Morgan fingerprint density at radius 1 is 0.812 bits per heavy atom. The predicted octanol–water partition coefficient (Wildman–Crippen LogP) is 7.00. The second-order valence-electron chi connectivity index (χ2n) is 14.6. The van der Waals surface area contributed by atoms with Gasteiger partial charge in [0, 0.05) is 6.61 Å². The first-order valence-electron chi connectivity index (χ1n) is 13.8. The van der Waals surface area contributed by atoms with Crippen LogP contribution in [0.5, 0.6) is 0 Å².